The summed E-state index contributed by atoms with van der Waals surface area (Å²) in [6, 6.07) is 4.01. The molecule has 1 aliphatic heterocycles. The van der Waals surface area contributed by atoms with Crippen LogP contribution in [0.3, 0.4) is 0 Å². The van der Waals surface area contributed by atoms with Gasteiger partial charge in [0.15, 0.2) is 6.73 Å². The Hall–Kier alpha value is -3.66. The second-order valence-corrected chi connectivity index (χ2v) is 8.83. The molecule has 1 aliphatic rings. The molecule has 0 spiro atoms. The second-order valence-electron chi connectivity index (χ2n) is 8.83. The molecule has 36 heavy (non-hydrogen) atoms. The van der Waals surface area contributed by atoms with Crippen LogP contribution in [-0.2, 0) is 9.53 Å². The minimum absolute atomic E-state index is 0.195. The zero-order chi connectivity index (χ0) is 26.6. The number of likely N-dealkylation sites (N-methyl/N-ethyl adjacent to an activating group) is 1. The molecular weight excluding hydrogens is 465 g/mol. The third kappa shape index (κ3) is 5.59. The van der Waals surface area contributed by atoms with Gasteiger partial charge in [0, 0.05) is 44.1 Å². The molecule has 1 aromatic carbocycles. The van der Waals surface area contributed by atoms with Crippen LogP contribution in [0.15, 0.2) is 18.2 Å². The molecule has 0 bridgehead atoms. The zero-order valence-electron chi connectivity index (χ0n) is 21.7. The largest absolute Gasteiger partial charge is 0.428 e. The minimum Gasteiger partial charge on any atom is -0.428 e. The molecule has 0 aliphatic carbocycles. The number of aryl methyl sites for hydroxylation is 1. The summed E-state index contributed by atoms with van der Waals surface area (Å²) < 4.78 is 19.3. The van der Waals surface area contributed by atoms with E-state index in [1.165, 1.54) is 42.1 Å². The monoisotopic (exact) mass is 499 g/mol. The van der Waals surface area contributed by atoms with Gasteiger partial charge in [-0.3, -0.25) is 14.5 Å². The van der Waals surface area contributed by atoms with E-state index in [0.717, 1.165) is 19.6 Å². The van der Waals surface area contributed by atoms with E-state index in [1.807, 2.05) is 0 Å². The second kappa shape index (κ2) is 11.4. The van der Waals surface area contributed by atoms with Crippen molar-refractivity contribution in [3.8, 4) is 0 Å². The summed E-state index contributed by atoms with van der Waals surface area (Å²) in [7, 11) is 3.08. The average molecular weight is 500 g/mol. The lowest BCUT2D eigenvalue weighted by Crippen LogP contribution is -2.35. The number of aromatic amines is 1. The third-order valence-electron chi connectivity index (χ3n) is 6.30. The zero-order valence-corrected chi connectivity index (χ0v) is 21.7. The van der Waals surface area contributed by atoms with Crippen molar-refractivity contribution in [3.05, 3.63) is 52.1 Å². The van der Waals surface area contributed by atoms with Crippen LogP contribution in [0.1, 0.15) is 46.7 Å². The van der Waals surface area contributed by atoms with Crippen LogP contribution in [-0.4, -0.2) is 79.7 Å². The van der Waals surface area contributed by atoms with Gasteiger partial charge in [-0.25, -0.2) is 9.18 Å². The van der Waals surface area contributed by atoms with E-state index in [1.54, 1.807) is 19.9 Å². The number of rotatable bonds is 9. The van der Waals surface area contributed by atoms with Gasteiger partial charge in [-0.2, -0.15) is 0 Å². The maximum Gasteiger partial charge on any atom is 0.410 e. The van der Waals surface area contributed by atoms with Crippen molar-refractivity contribution in [3.63, 3.8) is 0 Å². The Bertz CT molecular complexity index is 1180. The maximum absolute atomic E-state index is 14.1. The van der Waals surface area contributed by atoms with Crippen molar-refractivity contribution in [1.29, 1.82) is 0 Å². The molecule has 0 radical (unpaired) electrons. The number of nitrogens with one attached hydrogen (secondary N) is 2. The standard InChI is InChI=1S/C26H34FN5O4/c1-7-31(8-2)12-11-28-24(33)23-16(3)21(29-17(23)4)14-20-19-13-18(27)9-10-22(19)32(25(20)34)15-36-26(35)30(5)6/h9-10,13-14,29H,7-8,11-12,15H2,1-6H3,(H,28,33)/b20-14-. The van der Waals surface area contributed by atoms with Gasteiger partial charge < -0.3 is 24.8 Å². The molecule has 194 valence electrons. The van der Waals surface area contributed by atoms with E-state index in [4.69, 9.17) is 4.74 Å². The molecule has 0 saturated heterocycles. The molecule has 2 N–H and O–H groups in total. The van der Waals surface area contributed by atoms with Crippen molar-refractivity contribution >= 4 is 35.2 Å². The Kier molecular flexibility index (Phi) is 8.52. The van der Waals surface area contributed by atoms with Crippen LogP contribution in [0, 0.1) is 19.7 Å². The lowest BCUT2D eigenvalue weighted by Gasteiger charge is -2.18. The fourth-order valence-corrected chi connectivity index (χ4v) is 4.21. The number of amides is 3. The summed E-state index contributed by atoms with van der Waals surface area (Å²) >= 11 is 0. The van der Waals surface area contributed by atoms with Gasteiger partial charge in [-0.05, 0) is 56.8 Å². The summed E-state index contributed by atoms with van der Waals surface area (Å²) in [4.78, 5) is 46.0. The first-order chi connectivity index (χ1) is 17.1. The van der Waals surface area contributed by atoms with Crippen molar-refractivity contribution in [2.45, 2.75) is 27.7 Å². The van der Waals surface area contributed by atoms with Crippen molar-refractivity contribution in [2.75, 3.05) is 51.9 Å². The Labute approximate surface area is 210 Å². The van der Waals surface area contributed by atoms with Gasteiger partial charge >= 0.3 is 6.09 Å². The fraction of sp³-hybridized carbons (Fsp3) is 0.423. The van der Waals surface area contributed by atoms with E-state index in [2.05, 4.69) is 29.0 Å². The van der Waals surface area contributed by atoms with Crippen LogP contribution >= 0.6 is 0 Å². The number of ether oxygens (including phenoxy) is 1. The highest BCUT2D eigenvalue weighted by Gasteiger charge is 2.34. The first-order valence-electron chi connectivity index (χ1n) is 12.0. The molecular formula is C26H34FN5O4. The molecule has 2 heterocycles. The van der Waals surface area contributed by atoms with Gasteiger partial charge in [0.1, 0.15) is 5.82 Å². The number of H-pyrrole nitrogens is 1. The number of benzene rings is 1. The number of hydrogen-bond acceptors (Lipinski definition) is 5. The Balaban J connectivity index is 1.88. The molecule has 3 rings (SSSR count). The molecule has 2 aromatic rings. The highest BCUT2D eigenvalue weighted by molar-refractivity contribution is 6.35. The quantitative estimate of drug-likeness (QED) is 0.516. The number of anilines is 1. The number of fused-ring (bicyclic) bond motifs is 1. The number of carbonyl (C=O) groups is 3. The maximum atomic E-state index is 14.1. The van der Waals surface area contributed by atoms with E-state index in [0.29, 0.717) is 40.3 Å². The van der Waals surface area contributed by atoms with Gasteiger partial charge in [0.25, 0.3) is 11.8 Å². The lowest BCUT2D eigenvalue weighted by molar-refractivity contribution is -0.113. The number of halogens is 1. The van der Waals surface area contributed by atoms with Crippen LogP contribution in [0.5, 0.6) is 0 Å². The predicted octanol–water partition coefficient (Wildman–Crippen LogP) is 3.39. The topological polar surface area (TPSA) is 98.0 Å². The fourth-order valence-electron chi connectivity index (χ4n) is 4.21. The molecule has 0 saturated carbocycles. The highest BCUT2D eigenvalue weighted by Crippen LogP contribution is 2.38. The first-order valence-corrected chi connectivity index (χ1v) is 12.0. The Morgan fingerprint density at radius 3 is 2.53 bits per heavy atom. The molecule has 9 nitrogen and oxygen atoms in total. The minimum atomic E-state index is -0.601. The smallest absolute Gasteiger partial charge is 0.410 e. The number of aromatic nitrogens is 1. The highest BCUT2D eigenvalue weighted by atomic mass is 19.1. The van der Waals surface area contributed by atoms with Gasteiger partial charge in [0.2, 0.25) is 0 Å². The molecule has 0 unspecified atom stereocenters. The summed E-state index contributed by atoms with van der Waals surface area (Å²) in [5.74, 6) is -1.12. The Morgan fingerprint density at radius 1 is 1.19 bits per heavy atom. The van der Waals surface area contributed by atoms with E-state index >= 15 is 0 Å². The lowest BCUT2D eigenvalue weighted by atomic mass is 10.0. The summed E-state index contributed by atoms with van der Waals surface area (Å²) in [6.07, 6.45) is 1.01. The SMILES string of the molecule is CCN(CC)CCNC(=O)c1c(C)[nH]c(/C=C2\C(=O)N(COC(=O)N(C)C)c3ccc(F)cc32)c1C. The normalized spacial score (nSPS) is 13.9. The number of carbonyl (C=O) groups excluding carboxylic acids is 3. The summed E-state index contributed by atoms with van der Waals surface area (Å²) in [5.41, 5.74) is 3.51. The van der Waals surface area contributed by atoms with Crippen LogP contribution < -0.4 is 10.2 Å². The summed E-state index contributed by atoms with van der Waals surface area (Å²) in [6.45, 7) is 10.5. The first kappa shape index (κ1) is 26.9. The predicted molar refractivity (Wildman–Crippen MR) is 137 cm³/mol. The molecule has 0 fully saturated rings. The Morgan fingerprint density at radius 2 is 1.89 bits per heavy atom. The van der Waals surface area contributed by atoms with E-state index in [-0.39, 0.29) is 18.2 Å². The van der Waals surface area contributed by atoms with Crippen molar-refractivity contribution < 1.29 is 23.5 Å². The van der Waals surface area contributed by atoms with Gasteiger partial charge in [0.05, 0.1) is 16.8 Å². The summed E-state index contributed by atoms with van der Waals surface area (Å²) in [5, 5.41) is 2.96. The van der Waals surface area contributed by atoms with Crippen LogP contribution in [0.25, 0.3) is 11.6 Å². The van der Waals surface area contributed by atoms with Gasteiger partial charge in [-0.1, -0.05) is 13.8 Å². The molecule has 10 heteroatoms. The molecule has 1 aromatic heterocycles. The van der Waals surface area contributed by atoms with E-state index in [9.17, 15) is 18.8 Å². The molecule has 3 amide bonds. The van der Waals surface area contributed by atoms with Crippen LogP contribution in [0.2, 0.25) is 0 Å². The average Bonchev–Trinajstić information content (AvgIpc) is 3.26. The van der Waals surface area contributed by atoms with Crippen molar-refractivity contribution in [2.24, 2.45) is 0 Å². The van der Waals surface area contributed by atoms with Crippen LogP contribution in [0.4, 0.5) is 14.9 Å². The third-order valence-corrected chi connectivity index (χ3v) is 6.30. The van der Waals surface area contributed by atoms with Crippen molar-refractivity contribution in [1.82, 2.24) is 20.1 Å². The number of hydrogen-bond donors (Lipinski definition) is 2. The van der Waals surface area contributed by atoms with Gasteiger partial charge in [-0.15, -0.1) is 0 Å². The molecule has 0 atom stereocenters. The number of nitrogens with zero attached hydrogens (tertiary/aromatic N) is 3. The van der Waals surface area contributed by atoms with E-state index < -0.39 is 17.8 Å².